The van der Waals surface area contributed by atoms with Gasteiger partial charge in [0.15, 0.2) is 0 Å². The first-order chi connectivity index (χ1) is 13.2. The number of halogens is 2. The Morgan fingerprint density at radius 2 is 1.66 bits per heavy atom. The molecule has 0 aliphatic carbocycles. The zero-order valence-electron chi connectivity index (χ0n) is 16.7. The summed E-state index contributed by atoms with van der Waals surface area (Å²) < 4.78 is 5.88. The van der Waals surface area contributed by atoms with Gasteiger partial charge in [-0.25, -0.2) is 0 Å². The number of aryl methyl sites for hydroxylation is 1. The van der Waals surface area contributed by atoms with E-state index in [4.69, 9.17) is 9.84 Å². The molecular formula is C23H31Cl2NO3. The monoisotopic (exact) mass is 439 g/mol. The van der Waals surface area contributed by atoms with Crippen molar-refractivity contribution in [3.63, 3.8) is 0 Å². The average molecular weight is 440 g/mol. The normalized spacial score (nSPS) is 14.5. The number of hydrogen-bond acceptors (Lipinski definition) is 3. The van der Waals surface area contributed by atoms with E-state index >= 15 is 0 Å². The van der Waals surface area contributed by atoms with Gasteiger partial charge < -0.3 is 14.7 Å². The minimum Gasteiger partial charge on any atom is -0.494 e. The number of carboxylic acid groups (broad SMARTS) is 1. The van der Waals surface area contributed by atoms with E-state index in [2.05, 4.69) is 53.4 Å². The lowest BCUT2D eigenvalue weighted by atomic mass is 9.89. The van der Waals surface area contributed by atoms with Crippen LogP contribution < -0.4 is 4.74 Å². The lowest BCUT2D eigenvalue weighted by Gasteiger charge is -2.31. The highest BCUT2D eigenvalue weighted by atomic mass is 35.5. The molecule has 0 amide bonds. The van der Waals surface area contributed by atoms with Crippen molar-refractivity contribution in [1.82, 2.24) is 4.90 Å². The molecular weight excluding hydrogens is 409 g/mol. The van der Waals surface area contributed by atoms with Crippen LogP contribution in [0.4, 0.5) is 0 Å². The first-order valence-corrected chi connectivity index (χ1v) is 9.91. The van der Waals surface area contributed by atoms with Gasteiger partial charge in [-0.2, -0.15) is 0 Å². The van der Waals surface area contributed by atoms with Gasteiger partial charge in [-0.1, -0.05) is 42.5 Å². The Morgan fingerprint density at radius 3 is 2.28 bits per heavy atom. The molecule has 0 aromatic heterocycles. The van der Waals surface area contributed by atoms with Crippen LogP contribution in [-0.2, 0) is 11.2 Å². The van der Waals surface area contributed by atoms with Crippen LogP contribution in [0.3, 0.4) is 0 Å². The molecule has 0 saturated carbocycles. The van der Waals surface area contributed by atoms with Gasteiger partial charge in [0.1, 0.15) is 5.75 Å². The number of benzene rings is 2. The molecule has 0 bridgehead atoms. The van der Waals surface area contributed by atoms with E-state index in [-0.39, 0.29) is 31.2 Å². The van der Waals surface area contributed by atoms with Crippen LogP contribution in [0.25, 0.3) is 0 Å². The third kappa shape index (κ3) is 8.65. The summed E-state index contributed by atoms with van der Waals surface area (Å²) in [5.74, 6) is 0.792. The molecule has 1 N–H and O–H groups in total. The maximum Gasteiger partial charge on any atom is 0.304 e. The van der Waals surface area contributed by atoms with Crippen molar-refractivity contribution >= 4 is 30.8 Å². The molecule has 29 heavy (non-hydrogen) atoms. The van der Waals surface area contributed by atoms with Crippen molar-refractivity contribution in [2.75, 3.05) is 26.2 Å². The Morgan fingerprint density at radius 1 is 1.00 bits per heavy atom. The number of likely N-dealkylation sites (tertiary alicyclic amines) is 1. The van der Waals surface area contributed by atoms with E-state index in [1.165, 1.54) is 11.1 Å². The van der Waals surface area contributed by atoms with E-state index in [1.54, 1.807) is 0 Å². The number of carboxylic acids is 1. The van der Waals surface area contributed by atoms with Gasteiger partial charge in [0.05, 0.1) is 13.0 Å². The minimum atomic E-state index is -0.712. The second-order valence-electron chi connectivity index (χ2n) is 7.27. The average Bonchev–Trinajstić information content (AvgIpc) is 2.71. The highest BCUT2D eigenvalue weighted by Gasteiger charge is 2.20. The summed E-state index contributed by atoms with van der Waals surface area (Å²) in [6.45, 7) is 3.36. The van der Waals surface area contributed by atoms with Crippen LogP contribution in [0.2, 0.25) is 0 Å². The summed E-state index contributed by atoms with van der Waals surface area (Å²) in [7, 11) is 0. The lowest BCUT2D eigenvalue weighted by Crippen LogP contribution is -2.34. The Balaban J connectivity index is 0.00000210. The topological polar surface area (TPSA) is 49.8 Å². The van der Waals surface area contributed by atoms with E-state index in [9.17, 15) is 4.79 Å². The second kappa shape index (κ2) is 13.5. The minimum absolute atomic E-state index is 0. The SMILES string of the molecule is Cl.Cl.O=C(O)CCN1CCC(c2ccc(OCCCc3ccccc3)cc2)CC1. The Bertz CT molecular complexity index is 702. The third-order valence-corrected chi connectivity index (χ3v) is 5.30. The van der Waals surface area contributed by atoms with Crippen LogP contribution in [0.5, 0.6) is 5.75 Å². The fourth-order valence-corrected chi connectivity index (χ4v) is 3.69. The molecule has 1 aliphatic heterocycles. The lowest BCUT2D eigenvalue weighted by molar-refractivity contribution is -0.137. The van der Waals surface area contributed by atoms with Crippen LogP contribution in [0.1, 0.15) is 42.7 Å². The maximum atomic E-state index is 10.7. The molecule has 0 unspecified atom stereocenters. The summed E-state index contributed by atoms with van der Waals surface area (Å²) in [6, 6.07) is 19.0. The van der Waals surface area contributed by atoms with Crippen molar-refractivity contribution in [3.05, 3.63) is 65.7 Å². The predicted molar refractivity (Wildman–Crippen MR) is 122 cm³/mol. The van der Waals surface area contributed by atoms with E-state index in [0.717, 1.165) is 51.1 Å². The van der Waals surface area contributed by atoms with Gasteiger partial charge in [-0.3, -0.25) is 4.79 Å². The molecule has 0 spiro atoms. The number of carbonyl (C=O) groups is 1. The summed E-state index contributed by atoms with van der Waals surface area (Å²) in [5.41, 5.74) is 2.72. The number of hydrogen-bond donors (Lipinski definition) is 1. The number of aliphatic carboxylic acids is 1. The van der Waals surface area contributed by atoms with Crippen molar-refractivity contribution < 1.29 is 14.6 Å². The van der Waals surface area contributed by atoms with Crippen LogP contribution >= 0.6 is 24.8 Å². The summed E-state index contributed by atoms with van der Waals surface area (Å²) in [6.07, 6.45) is 4.48. The fraction of sp³-hybridized carbons (Fsp3) is 0.435. The Hall–Kier alpha value is -1.75. The highest BCUT2D eigenvalue weighted by molar-refractivity contribution is 5.85. The molecule has 1 fully saturated rings. The molecule has 160 valence electrons. The molecule has 1 saturated heterocycles. The molecule has 2 aromatic rings. The Kier molecular flexibility index (Phi) is 11.7. The largest absolute Gasteiger partial charge is 0.494 e. The molecule has 2 aromatic carbocycles. The van der Waals surface area contributed by atoms with Crippen molar-refractivity contribution in [1.29, 1.82) is 0 Å². The van der Waals surface area contributed by atoms with Crippen LogP contribution in [0.15, 0.2) is 54.6 Å². The molecule has 3 rings (SSSR count). The van der Waals surface area contributed by atoms with E-state index in [0.29, 0.717) is 12.5 Å². The van der Waals surface area contributed by atoms with E-state index < -0.39 is 5.97 Å². The van der Waals surface area contributed by atoms with Gasteiger partial charge in [-0.15, -0.1) is 24.8 Å². The summed E-state index contributed by atoms with van der Waals surface area (Å²) in [5, 5.41) is 8.80. The van der Waals surface area contributed by atoms with Gasteiger partial charge in [0.2, 0.25) is 0 Å². The molecule has 1 heterocycles. The predicted octanol–water partition coefficient (Wildman–Crippen LogP) is 5.20. The second-order valence-corrected chi connectivity index (χ2v) is 7.27. The van der Waals surface area contributed by atoms with Crippen molar-refractivity contribution in [2.45, 2.75) is 38.0 Å². The zero-order valence-corrected chi connectivity index (χ0v) is 18.3. The number of rotatable bonds is 9. The van der Waals surface area contributed by atoms with Crippen LogP contribution in [-0.4, -0.2) is 42.2 Å². The van der Waals surface area contributed by atoms with Gasteiger partial charge in [0, 0.05) is 6.54 Å². The number of nitrogens with zero attached hydrogens (tertiary/aromatic N) is 1. The molecule has 6 heteroatoms. The Labute approximate surface area is 186 Å². The fourth-order valence-electron chi connectivity index (χ4n) is 3.69. The molecule has 4 nitrogen and oxygen atoms in total. The van der Waals surface area contributed by atoms with Crippen molar-refractivity contribution in [3.8, 4) is 5.75 Å². The van der Waals surface area contributed by atoms with Crippen molar-refractivity contribution in [2.24, 2.45) is 0 Å². The summed E-state index contributed by atoms with van der Waals surface area (Å²) in [4.78, 5) is 12.9. The molecule has 1 aliphatic rings. The van der Waals surface area contributed by atoms with Gasteiger partial charge >= 0.3 is 5.97 Å². The third-order valence-electron chi connectivity index (χ3n) is 5.30. The van der Waals surface area contributed by atoms with Gasteiger partial charge in [0.25, 0.3) is 0 Å². The quantitative estimate of drug-likeness (QED) is 0.545. The summed E-state index contributed by atoms with van der Waals surface area (Å²) >= 11 is 0. The first kappa shape index (κ1) is 25.3. The van der Waals surface area contributed by atoms with E-state index in [1.807, 2.05) is 6.07 Å². The highest BCUT2D eigenvalue weighted by Crippen LogP contribution is 2.29. The van der Waals surface area contributed by atoms with Gasteiger partial charge in [-0.05, 0) is 68.0 Å². The molecule has 0 radical (unpaired) electrons. The first-order valence-electron chi connectivity index (χ1n) is 9.91. The number of piperidine rings is 1. The number of ether oxygens (including phenoxy) is 1. The molecule has 0 atom stereocenters. The maximum absolute atomic E-state index is 10.7. The zero-order chi connectivity index (χ0) is 18.9. The van der Waals surface area contributed by atoms with Crippen LogP contribution in [0, 0.1) is 0 Å². The smallest absolute Gasteiger partial charge is 0.304 e. The standard InChI is InChI=1S/C23H29NO3.2ClH/c25-23(26)14-17-24-15-12-21(13-16-24)20-8-10-22(11-9-20)27-18-4-7-19-5-2-1-3-6-19;;/h1-3,5-6,8-11,21H,4,7,12-18H2,(H,25,26);2*1H.